The highest BCUT2D eigenvalue weighted by atomic mass is 15.2. The van der Waals surface area contributed by atoms with Crippen molar-refractivity contribution in [2.45, 2.75) is 0 Å². The number of rotatable bonds is 3. The summed E-state index contributed by atoms with van der Waals surface area (Å²) in [4.78, 5) is 26.0. The maximum Gasteiger partial charge on any atom is 0.161 e. The third-order valence-electron chi connectivity index (χ3n) is 4.90. The van der Waals surface area contributed by atoms with Crippen molar-refractivity contribution >= 4 is 22.1 Å². The minimum Gasteiger partial charge on any atom is -0.336 e. The minimum absolute atomic E-state index is 0.625. The Morgan fingerprint density at radius 3 is 2.50 bits per heavy atom. The van der Waals surface area contributed by atoms with Crippen LogP contribution in [0.1, 0.15) is 0 Å². The van der Waals surface area contributed by atoms with Crippen LogP contribution in [0.2, 0.25) is 0 Å². The summed E-state index contributed by atoms with van der Waals surface area (Å²) in [5, 5.41) is 7.50. The summed E-state index contributed by atoms with van der Waals surface area (Å²) in [5.74, 6) is 0.625. The van der Waals surface area contributed by atoms with Gasteiger partial charge in [0.05, 0.1) is 28.1 Å². The molecule has 0 fully saturated rings. The molecule has 0 aromatic carbocycles. The summed E-state index contributed by atoms with van der Waals surface area (Å²) in [7, 11) is 0. The molecule has 0 amide bonds. The van der Waals surface area contributed by atoms with Gasteiger partial charge in [-0.3, -0.25) is 20.1 Å². The van der Waals surface area contributed by atoms with Crippen molar-refractivity contribution in [1.82, 2.24) is 40.1 Å². The molecule has 2 N–H and O–H groups in total. The fraction of sp³-hybridized carbons (Fsp3) is 0. The van der Waals surface area contributed by atoms with Gasteiger partial charge in [-0.25, -0.2) is 9.97 Å². The van der Waals surface area contributed by atoms with Crippen LogP contribution in [0.25, 0.3) is 56.2 Å². The lowest BCUT2D eigenvalue weighted by Crippen LogP contribution is -1.88. The molecule has 0 aliphatic heterocycles. The van der Waals surface area contributed by atoms with Gasteiger partial charge < -0.3 is 4.98 Å². The molecule has 8 heteroatoms. The zero-order chi connectivity index (χ0) is 19.9. The topological polar surface area (TPSA) is 109 Å². The van der Waals surface area contributed by atoms with E-state index < -0.39 is 0 Å². The molecule has 0 atom stereocenters. The van der Waals surface area contributed by atoms with E-state index in [2.05, 4.69) is 30.1 Å². The number of imidazole rings is 1. The largest absolute Gasteiger partial charge is 0.336 e. The van der Waals surface area contributed by atoms with Gasteiger partial charge in [0.1, 0.15) is 11.0 Å². The van der Waals surface area contributed by atoms with Crippen LogP contribution in [-0.2, 0) is 0 Å². The Morgan fingerprint density at radius 1 is 0.667 bits per heavy atom. The lowest BCUT2D eigenvalue weighted by molar-refractivity contribution is 1.10. The molecule has 0 saturated carbocycles. The van der Waals surface area contributed by atoms with Crippen LogP contribution in [0.3, 0.4) is 0 Å². The second kappa shape index (κ2) is 6.56. The Hall–Kier alpha value is -4.46. The van der Waals surface area contributed by atoms with Crippen molar-refractivity contribution in [2.24, 2.45) is 0 Å². The second-order valence-electron chi connectivity index (χ2n) is 6.76. The molecular formula is C22H14N8. The summed E-state index contributed by atoms with van der Waals surface area (Å²) in [6.07, 6.45) is 7.03. The van der Waals surface area contributed by atoms with Crippen LogP contribution < -0.4 is 0 Å². The number of aromatic amines is 2. The van der Waals surface area contributed by atoms with Crippen LogP contribution in [0.4, 0.5) is 0 Å². The fourth-order valence-electron chi connectivity index (χ4n) is 3.48. The molecule has 6 aromatic heterocycles. The van der Waals surface area contributed by atoms with Crippen molar-refractivity contribution in [3.05, 3.63) is 73.3 Å². The third kappa shape index (κ3) is 2.62. The molecule has 0 radical (unpaired) electrons. The lowest BCUT2D eigenvalue weighted by atomic mass is 10.1. The fourth-order valence-corrected chi connectivity index (χ4v) is 3.48. The van der Waals surface area contributed by atoms with E-state index in [1.165, 1.54) is 0 Å². The predicted molar refractivity (Wildman–Crippen MR) is 113 cm³/mol. The molecule has 8 nitrogen and oxygen atoms in total. The van der Waals surface area contributed by atoms with Gasteiger partial charge in [0, 0.05) is 30.4 Å². The van der Waals surface area contributed by atoms with Gasteiger partial charge in [-0.15, -0.1) is 0 Å². The first-order chi connectivity index (χ1) is 14.9. The zero-order valence-corrected chi connectivity index (χ0v) is 15.6. The highest BCUT2D eigenvalue weighted by Crippen LogP contribution is 2.30. The first kappa shape index (κ1) is 16.5. The number of fused-ring (bicyclic) bond motifs is 2. The van der Waals surface area contributed by atoms with E-state index in [0.717, 1.165) is 44.7 Å². The van der Waals surface area contributed by atoms with E-state index in [9.17, 15) is 0 Å². The number of hydrogen-bond donors (Lipinski definition) is 2. The van der Waals surface area contributed by atoms with E-state index in [1.54, 1.807) is 24.8 Å². The lowest BCUT2D eigenvalue weighted by Gasteiger charge is -2.00. The van der Waals surface area contributed by atoms with Crippen molar-refractivity contribution in [1.29, 1.82) is 0 Å². The average Bonchev–Trinajstić information content (AvgIpc) is 3.43. The van der Waals surface area contributed by atoms with Crippen LogP contribution in [0.5, 0.6) is 0 Å². The summed E-state index contributed by atoms with van der Waals surface area (Å²) in [6, 6.07) is 15.4. The van der Waals surface area contributed by atoms with Gasteiger partial charge in [-0.1, -0.05) is 6.07 Å². The van der Waals surface area contributed by atoms with E-state index in [1.807, 2.05) is 48.5 Å². The number of aromatic nitrogens is 8. The zero-order valence-electron chi connectivity index (χ0n) is 15.6. The van der Waals surface area contributed by atoms with Crippen molar-refractivity contribution in [3.63, 3.8) is 0 Å². The number of H-pyrrole nitrogens is 2. The Balaban J connectivity index is 1.52. The first-order valence-corrected chi connectivity index (χ1v) is 9.39. The monoisotopic (exact) mass is 390 g/mol. The summed E-state index contributed by atoms with van der Waals surface area (Å²) >= 11 is 0. The van der Waals surface area contributed by atoms with E-state index in [-0.39, 0.29) is 0 Å². The Kier molecular flexibility index (Phi) is 3.60. The van der Waals surface area contributed by atoms with E-state index in [4.69, 9.17) is 9.97 Å². The molecule has 6 heterocycles. The van der Waals surface area contributed by atoms with Crippen LogP contribution in [-0.4, -0.2) is 40.1 Å². The molecule has 0 bridgehead atoms. The summed E-state index contributed by atoms with van der Waals surface area (Å²) < 4.78 is 0. The van der Waals surface area contributed by atoms with E-state index in [0.29, 0.717) is 11.5 Å². The Morgan fingerprint density at radius 2 is 1.63 bits per heavy atom. The van der Waals surface area contributed by atoms with Crippen molar-refractivity contribution in [2.75, 3.05) is 0 Å². The highest BCUT2D eigenvalue weighted by Gasteiger charge is 2.17. The Labute approximate surface area is 170 Å². The quantitative estimate of drug-likeness (QED) is 0.472. The smallest absolute Gasteiger partial charge is 0.161 e. The second-order valence-corrected chi connectivity index (χ2v) is 6.76. The van der Waals surface area contributed by atoms with Crippen LogP contribution in [0, 0.1) is 0 Å². The number of nitrogens with one attached hydrogen (secondary N) is 2. The average molecular weight is 390 g/mol. The molecular weight excluding hydrogens is 376 g/mol. The van der Waals surface area contributed by atoms with Gasteiger partial charge in [0.25, 0.3) is 0 Å². The van der Waals surface area contributed by atoms with Gasteiger partial charge in [-0.05, 0) is 42.5 Å². The first-order valence-electron chi connectivity index (χ1n) is 9.39. The summed E-state index contributed by atoms with van der Waals surface area (Å²) in [6.45, 7) is 0. The van der Waals surface area contributed by atoms with Gasteiger partial charge in [0.2, 0.25) is 0 Å². The molecule has 0 saturated heterocycles. The van der Waals surface area contributed by atoms with Crippen molar-refractivity contribution in [3.8, 4) is 34.2 Å². The van der Waals surface area contributed by atoms with Gasteiger partial charge >= 0.3 is 0 Å². The molecule has 6 aromatic rings. The SMILES string of the molecule is c1ccc(-c2ccc3[nH]nc(-c4nc5c(-c6cccnc6)nccc5[nH]4)c3n2)nc1. The third-order valence-corrected chi connectivity index (χ3v) is 4.90. The molecule has 0 aliphatic rings. The molecule has 0 aliphatic carbocycles. The summed E-state index contributed by atoms with van der Waals surface area (Å²) in [5.41, 5.74) is 7.10. The van der Waals surface area contributed by atoms with E-state index >= 15 is 0 Å². The number of hydrogen-bond acceptors (Lipinski definition) is 6. The van der Waals surface area contributed by atoms with Crippen LogP contribution >= 0.6 is 0 Å². The molecule has 6 rings (SSSR count). The maximum atomic E-state index is 4.80. The highest BCUT2D eigenvalue weighted by molar-refractivity contribution is 5.94. The molecule has 142 valence electrons. The molecule has 30 heavy (non-hydrogen) atoms. The minimum atomic E-state index is 0.625. The van der Waals surface area contributed by atoms with Gasteiger partial charge in [-0.2, -0.15) is 5.10 Å². The molecule has 0 unspecified atom stereocenters. The van der Waals surface area contributed by atoms with Gasteiger partial charge in [0.15, 0.2) is 11.5 Å². The number of pyridine rings is 4. The van der Waals surface area contributed by atoms with Crippen molar-refractivity contribution < 1.29 is 0 Å². The van der Waals surface area contributed by atoms with Crippen LogP contribution in [0.15, 0.2) is 73.3 Å². The normalized spacial score (nSPS) is 11.3. The standard InChI is InChI=1S/C22H14N8/c1-2-10-24-14(5-1)15-6-7-17-20(26-15)21(30-29-17)22-27-16-8-11-25-18(19(16)28-22)13-4-3-9-23-12-13/h1-12H,(H,27,28)(H,29,30). The Bertz CT molecular complexity index is 1490. The predicted octanol–water partition coefficient (Wildman–Crippen LogP) is 4.02. The number of nitrogens with zero attached hydrogens (tertiary/aromatic N) is 6. The maximum absolute atomic E-state index is 4.80. The molecule has 0 spiro atoms.